The molecule has 0 aliphatic rings. The number of halogens is 2. The molecule has 0 N–H and O–H groups in total. The van der Waals surface area contributed by atoms with Gasteiger partial charge < -0.3 is 9.26 Å². The van der Waals surface area contributed by atoms with Gasteiger partial charge >= 0.3 is 5.97 Å². The van der Waals surface area contributed by atoms with Crippen molar-refractivity contribution < 1.29 is 22.8 Å². The Morgan fingerprint density at radius 1 is 1.50 bits per heavy atom. The van der Waals surface area contributed by atoms with E-state index in [0.29, 0.717) is 0 Å². The Morgan fingerprint density at radius 3 is 2.75 bits per heavy atom. The lowest BCUT2D eigenvalue weighted by Gasteiger charge is -2.09. The fourth-order valence-corrected chi connectivity index (χ4v) is 0.951. The predicted molar refractivity (Wildman–Crippen MR) is 49.2 cm³/mol. The van der Waals surface area contributed by atoms with E-state index in [-0.39, 0.29) is 24.7 Å². The van der Waals surface area contributed by atoms with Gasteiger partial charge in [0.25, 0.3) is 11.7 Å². The van der Waals surface area contributed by atoms with E-state index in [0.717, 1.165) is 0 Å². The molecule has 1 rings (SSSR count). The third kappa shape index (κ3) is 3.25. The molecule has 1 aromatic rings. The lowest BCUT2D eigenvalue weighted by Crippen LogP contribution is -2.18. The van der Waals surface area contributed by atoms with Gasteiger partial charge in [0.2, 0.25) is 5.89 Å². The zero-order valence-electron chi connectivity index (χ0n) is 9.00. The molecule has 0 saturated carbocycles. The first-order valence-corrected chi connectivity index (χ1v) is 4.86. The van der Waals surface area contributed by atoms with Crippen LogP contribution in [-0.2, 0) is 11.2 Å². The lowest BCUT2D eigenvalue weighted by atomic mass is 10.2. The van der Waals surface area contributed by atoms with Crippen LogP contribution in [0.4, 0.5) is 8.78 Å². The van der Waals surface area contributed by atoms with E-state index < -0.39 is 18.3 Å². The monoisotopic (exact) mass is 234 g/mol. The predicted octanol–water partition coefficient (Wildman–Crippen LogP) is 1.83. The molecule has 0 aliphatic carbocycles. The van der Waals surface area contributed by atoms with Gasteiger partial charge in [0.1, 0.15) is 0 Å². The van der Waals surface area contributed by atoms with Crippen molar-refractivity contribution in [1.29, 1.82) is 0 Å². The molecule has 0 amide bonds. The minimum atomic E-state index is -2.90. The van der Waals surface area contributed by atoms with Crippen LogP contribution in [0, 0.1) is 0 Å². The van der Waals surface area contributed by atoms with Gasteiger partial charge in [0.15, 0.2) is 0 Å². The molecule has 0 radical (unpaired) electrons. The maximum Gasteiger partial charge on any atom is 0.379 e. The van der Waals surface area contributed by atoms with Crippen molar-refractivity contribution in [3.8, 4) is 0 Å². The van der Waals surface area contributed by atoms with Gasteiger partial charge in [0.05, 0.1) is 13.0 Å². The summed E-state index contributed by atoms with van der Waals surface area (Å²) in [5.74, 6) is -4.28. The second-order valence-electron chi connectivity index (χ2n) is 3.12. The van der Waals surface area contributed by atoms with Crippen molar-refractivity contribution in [1.82, 2.24) is 10.1 Å². The van der Waals surface area contributed by atoms with Crippen molar-refractivity contribution >= 4 is 5.97 Å². The first-order valence-electron chi connectivity index (χ1n) is 4.86. The first-order chi connectivity index (χ1) is 7.48. The minimum absolute atomic E-state index is 0.161. The topological polar surface area (TPSA) is 65.2 Å². The van der Waals surface area contributed by atoms with Crippen LogP contribution in [0.3, 0.4) is 0 Å². The molecule has 0 atom stereocenters. The van der Waals surface area contributed by atoms with Crippen LogP contribution in [0.5, 0.6) is 0 Å². The smallest absolute Gasteiger partial charge is 0.379 e. The zero-order valence-corrected chi connectivity index (χ0v) is 9.00. The number of ether oxygens (including phenoxy) is 1. The van der Waals surface area contributed by atoms with Crippen LogP contribution >= 0.6 is 0 Å². The largest absolute Gasteiger partial charge is 0.460 e. The number of carbonyl (C=O) groups excluding carboxylic acids is 1. The van der Waals surface area contributed by atoms with Crippen LogP contribution in [0.2, 0.25) is 0 Å². The summed E-state index contributed by atoms with van der Waals surface area (Å²) in [7, 11) is 0. The number of aromatic nitrogens is 2. The normalized spacial score (nSPS) is 11.5. The molecule has 0 aliphatic heterocycles. The van der Waals surface area contributed by atoms with Crippen LogP contribution in [0.1, 0.15) is 36.8 Å². The number of alkyl halides is 2. The van der Waals surface area contributed by atoms with E-state index in [9.17, 15) is 13.6 Å². The maximum absolute atomic E-state index is 13.0. The van der Waals surface area contributed by atoms with Gasteiger partial charge in [-0.3, -0.25) is 0 Å². The van der Waals surface area contributed by atoms with Crippen molar-refractivity contribution in [2.45, 2.75) is 32.6 Å². The Labute approximate surface area is 90.8 Å². The van der Waals surface area contributed by atoms with E-state index in [2.05, 4.69) is 19.4 Å². The fraction of sp³-hybridized carbons (Fsp3) is 0.667. The average molecular weight is 234 g/mol. The fourth-order valence-electron chi connectivity index (χ4n) is 0.951. The van der Waals surface area contributed by atoms with Gasteiger partial charge in [-0.05, 0) is 12.1 Å². The Bertz CT molecular complexity index is 365. The van der Waals surface area contributed by atoms with Crippen LogP contribution in [0.15, 0.2) is 4.52 Å². The SMILES string of the molecule is CCOC(=O)c1noc(CC(F)(F)CC)n1. The second kappa shape index (κ2) is 5.00. The molecule has 0 bridgehead atoms. The van der Waals surface area contributed by atoms with E-state index in [1.807, 2.05) is 0 Å². The first kappa shape index (κ1) is 12.5. The van der Waals surface area contributed by atoms with Gasteiger partial charge in [-0.2, -0.15) is 4.98 Å². The minimum Gasteiger partial charge on any atom is -0.460 e. The second-order valence-corrected chi connectivity index (χ2v) is 3.12. The quantitative estimate of drug-likeness (QED) is 0.727. The Morgan fingerprint density at radius 2 is 2.19 bits per heavy atom. The molecule has 1 heterocycles. The van der Waals surface area contributed by atoms with Gasteiger partial charge in [0, 0.05) is 6.42 Å². The molecule has 0 unspecified atom stereocenters. The molecule has 7 heteroatoms. The van der Waals surface area contributed by atoms with E-state index >= 15 is 0 Å². The van der Waals surface area contributed by atoms with Crippen molar-refractivity contribution in [3.63, 3.8) is 0 Å². The Kier molecular flexibility index (Phi) is 3.92. The summed E-state index contributed by atoms with van der Waals surface area (Å²) < 4.78 is 35.0. The summed E-state index contributed by atoms with van der Waals surface area (Å²) in [6, 6.07) is 0. The van der Waals surface area contributed by atoms with E-state index in [1.54, 1.807) is 6.92 Å². The molecule has 0 fully saturated rings. The van der Waals surface area contributed by atoms with E-state index in [1.165, 1.54) is 6.92 Å². The highest BCUT2D eigenvalue weighted by atomic mass is 19.3. The van der Waals surface area contributed by atoms with Crippen LogP contribution < -0.4 is 0 Å². The maximum atomic E-state index is 13.0. The van der Waals surface area contributed by atoms with Crippen molar-refractivity contribution in [2.75, 3.05) is 6.61 Å². The molecule has 0 spiro atoms. The van der Waals surface area contributed by atoms with E-state index in [4.69, 9.17) is 0 Å². The molecule has 1 aromatic heterocycles. The average Bonchev–Trinajstić information content (AvgIpc) is 2.66. The Balaban J connectivity index is 2.68. The number of hydrogen-bond acceptors (Lipinski definition) is 5. The van der Waals surface area contributed by atoms with Gasteiger partial charge in [-0.1, -0.05) is 6.92 Å². The number of rotatable bonds is 5. The van der Waals surface area contributed by atoms with Crippen LogP contribution in [0.25, 0.3) is 0 Å². The molecule has 5 nitrogen and oxygen atoms in total. The summed E-state index contributed by atoms with van der Waals surface area (Å²) in [6.07, 6.45) is -1.000. The molecular weight excluding hydrogens is 222 g/mol. The summed E-state index contributed by atoms with van der Waals surface area (Å²) in [5.41, 5.74) is 0. The number of esters is 1. The molecular formula is C9H12F2N2O3. The third-order valence-electron chi connectivity index (χ3n) is 1.85. The summed E-state index contributed by atoms with van der Waals surface area (Å²) >= 11 is 0. The zero-order chi connectivity index (χ0) is 12.2. The summed E-state index contributed by atoms with van der Waals surface area (Å²) in [6.45, 7) is 3.13. The molecule has 0 saturated heterocycles. The van der Waals surface area contributed by atoms with Gasteiger partial charge in [-0.25, -0.2) is 13.6 Å². The van der Waals surface area contributed by atoms with Crippen molar-refractivity contribution in [3.05, 3.63) is 11.7 Å². The molecule has 0 aromatic carbocycles. The number of nitrogens with zero attached hydrogens (tertiary/aromatic N) is 2. The summed E-state index contributed by atoms with van der Waals surface area (Å²) in [4.78, 5) is 14.6. The highest BCUT2D eigenvalue weighted by Gasteiger charge is 2.30. The summed E-state index contributed by atoms with van der Waals surface area (Å²) in [5, 5.41) is 3.26. The Hall–Kier alpha value is -1.53. The number of hydrogen-bond donors (Lipinski definition) is 0. The number of carbonyl (C=O) groups is 1. The standard InChI is InChI=1S/C9H12F2N2O3/c1-3-9(10,11)5-6-12-7(13-16-6)8(14)15-4-2/h3-5H2,1-2H3. The molecule has 90 valence electrons. The van der Waals surface area contributed by atoms with Gasteiger partial charge in [-0.15, -0.1) is 0 Å². The van der Waals surface area contributed by atoms with Crippen molar-refractivity contribution in [2.24, 2.45) is 0 Å². The molecule has 16 heavy (non-hydrogen) atoms. The highest BCUT2D eigenvalue weighted by molar-refractivity contribution is 5.84. The lowest BCUT2D eigenvalue weighted by molar-refractivity contribution is -0.00909. The van der Waals surface area contributed by atoms with Crippen LogP contribution in [-0.4, -0.2) is 28.6 Å². The third-order valence-corrected chi connectivity index (χ3v) is 1.85. The highest BCUT2D eigenvalue weighted by Crippen LogP contribution is 2.22.